The molecule has 0 saturated carbocycles. The van der Waals surface area contributed by atoms with Crippen molar-refractivity contribution in [3.63, 3.8) is 0 Å². The number of nitrogens with two attached hydrogens (primary N) is 1. The SMILES string of the molecule is Cc1ccc(OCc2cccc([N+](=O)[O-])c2Br)c(CN)c1. The van der Waals surface area contributed by atoms with Crippen LogP contribution in [0.3, 0.4) is 0 Å². The third-order valence-electron chi connectivity index (χ3n) is 3.07. The molecule has 110 valence electrons. The molecular formula is C15H15BrN2O3. The van der Waals surface area contributed by atoms with Gasteiger partial charge in [0.05, 0.1) is 4.92 Å². The van der Waals surface area contributed by atoms with Crippen molar-refractivity contribution in [3.05, 3.63) is 67.7 Å². The number of nitro groups is 1. The quantitative estimate of drug-likeness (QED) is 0.658. The van der Waals surface area contributed by atoms with Crippen molar-refractivity contribution in [3.8, 4) is 5.75 Å². The lowest BCUT2D eigenvalue weighted by Crippen LogP contribution is -2.04. The molecular weight excluding hydrogens is 336 g/mol. The Hall–Kier alpha value is -1.92. The first kappa shape index (κ1) is 15.5. The van der Waals surface area contributed by atoms with Gasteiger partial charge in [-0.2, -0.15) is 0 Å². The van der Waals surface area contributed by atoms with Crippen LogP contribution in [0.1, 0.15) is 16.7 Å². The minimum Gasteiger partial charge on any atom is -0.489 e. The number of rotatable bonds is 5. The summed E-state index contributed by atoms with van der Waals surface area (Å²) in [4.78, 5) is 10.5. The van der Waals surface area contributed by atoms with Crippen LogP contribution in [0, 0.1) is 17.0 Å². The summed E-state index contributed by atoms with van der Waals surface area (Å²) >= 11 is 3.26. The summed E-state index contributed by atoms with van der Waals surface area (Å²) < 4.78 is 6.19. The maximum Gasteiger partial charge on any atom is 0.283 e. The first-order valence-corrected chi connectivity index (χ1v) is 7.16. The van der Waals surface area contributed by atoms with E-state index in [0.29, 0.717) is 22.3 Å². The summed E-state index contributed by atoms with van der Waals surface area (Å²) in [7, 11) is 0. The summed E-state index contributed by atoms with van der Waals surface area (Å²) in [5.74, 6) is 0.696. The Morgan fingerprint density at radius 1 is 1.29 bits per heavy atom. The Bertz CT molecular complexity index is 674. The van der Waals surface area contributed by atoms with Gasteiger partial charge in [-0.05, 0) is 28.9 Å². The maximum atomic E-state index is 10.9. The van der Waals surface area contributed by atoms with E-state index in [1.807, 2.05) is 25.1 Å². The predicted octanol–water partition coefficient (Wildman–Crippen LogP) is 3.70. The molecule has 0 atom stereocenters. The Labute approximate surface area is 131 Å². The Kier molecular flexibility index (Phi) is 4.93. The summed E-state index contributed by atoms with van der Waals surface area (Å²) in [5.41, 5.74) is 8.47. The lowest BCUT2D eigenvalue weighted by atomic mass is 10.1. The van der Waals surface area contributed by atoms with E-state index in [1.54, 1.807) is 12.1 Å². The molecule has 0 radical (unpaired) electrons. The van der Waals surface area contributed by atoms with E-state index in [4.69, 9.17) is 10.5 Å². The highest BCUT2D eigenvalue weighted by Gasteiger charge is 2.15. The summed E-state index contributed by atoms with van der Waals surface area (Å²) in [6.07, 6.45) is 0. The second-order valence-electron chi connectivity index (χ2n) is 4.61. The molecule has 2 N–H and O–H groups in total. The molecule has 0 fully saturated rings. The van der Waals surface area contributed by atoms with Crippen LogP contribution in [0.4, 0.5) is 5.69 Å². The molecule has 0 heterocycles. The van der Waals surface area contributed by atoms with Crippen molar-refractivity contribution < 1.29 is 9.66 Å². The largest absolute Gasteiger partial charge is 0.489 e. The third-order valence-corrected chi connectivity index (χ3v) is 3.99. The van der Waals surface area contributed by atoms with E-state index >= 15 is 0 Å². The lowest BCUT2D eigenvalue weighted by molar-refractivity contribution is -0.385. The van der Waals surface area contributed by atoms with Gasteiger partial charge in [-0.1, -0.05) is 29.8 Å². The highest BCUT2D eigenvalue weighted by molar-refractivity contribution is 9.10. The molecule has 2 aromatic carbocycles. The van der Waals surface area contributed by atoms with Gasteiger partial charge in [0.15, 0.2) is 0 Å². The van der Waals surface area contributed by atoms with Crippen molar-refractivity contribution in [1.82, 2.24) is 0 Å². The molecule has 0 spiro atoms. The smallest absolute Gasteiger partial charge is 0.283 e. The first-order valence-electron chi connectivity index (χ1n) is 6.37. The molecule has 0 aromatic heterocycles. The fourth-order valence-electron chi connectivity index (χ4n) is 1.98. The molecule has 5 nitrogen and oxygen atoms in total. The van der Waals surface area contributed by atoms with Crippen molar-refractivity contribution in [1.29, 1.82) is 0 Å². The molecule has 21 heavy (non-hydrogen) atoms. The number of halogens is 1. The van der Waals surface area contributed by atoms with Gasteiger partial charge < -0.3 is 10.5 Å². The molecule has 0 aliphatic carbocycles. The average molecular weight is 351 g/mol. The topological polar surface area (TPSA) is 78.4 Å². The van der Waals surface area contributed by atoms with Gasteiger partial charge in [0, 0.05) is 23.7 Å². The van der Waals surface area contributed by atoms with Gasteiger partial charge >= 0.3 is 0 Å². The van der Waals surface area contributed by atoms with Gasteiger partial charge in [-0.25, -0.2) is 0 Å². The maximum absolute atomic E-state index is 10.9. The van der Waals surface area contributed by atoms with Crippen molar-refractivity contribution in [2.75, 3.05) is 0 Å². The average Bonchev–Trinajstić information content (AvgIpc) is 2.46. The molecule has 2 aromatic rings. The highest BCUT2D eigenvalue weighted by Crippen LogP contribution is 2.29. The van der Waals surface area contributed by atoms with Gasteiger partial charge in [0.2, 0.25) is 0 Å². The Morgan fingerprint density at radius 2 is 2.05 bits per heavy atom. The molecule has 0 aliphatic heterocycles. The molecule has 2 rings (SSSR count). The van der Waals surface area contributed by atoms with Crippen LogP contribution in [0.15, 0.2) is 40.9 Å². The van der Waals surface area contributed by atoms with Crippen LogP contribution in [0.25, 0.3) is 0 Å². The van der Waals surface area contributed by atoms with Crippen LogP contribution in [0.2, 0.25) is 0 Å². The van der Waals surface area contributed by atoms with Crippen molar-refractivity contribution in [2.24, 2.45) is 5.73 Å². The van der Waals surface area contributed by atoms with Crippen LogP contribution < -0.4 is 10.5 Å². The zero-order chi connectivity index (χ0) is 15.4. The molecule has 0 saturated heterocycles. The van der Waals surface area contributed by atoms with Crippen LogP contribution >= 0.6 is 15.9 Å². The van der Waals surface area contributed by atoms with Gasteiger partial charge in [0.1, 0.15) is 16.8 Å². The molecule has 0 unspecified atom stereocenters. The van der Waals surface area contributed by atoms with Gasteiger partial charge in [-0.15, -0.1) is 0 Å². The van der Waals surface area contributed by atoms with Crippen LogP contribution in [0.5, 0.6) is 5.75 Å². The molecule has 0 aliphatic rings. The van der Waals surface area contributed by atoms with Gasteiger partial charge in [0.25, 0.3) is 5.69 Å². The fourth-order valence-corrected chi connectivity index (χ4v) is 2.51. The Morgan fingerprint density at radius 3 is 2.71 bits per heavy atom. The third kappa shape index (κ3) is 3.59. The number of benzene rings is 2. The summed E-state index contributed by atoms with van der Waals surface area (Å²) in [6, 6.07) is 10.6. The number of hydrogen-bond acceptors (Lipinski definition) is 4. The van der Waals surface area contributed by atoms with Crippen molar-refractivity contribution in [2.45, 2.75) is 20.1 Å². The van der Waals surface area contributed by atoms with E-state index in [2.05, 4.69) is 15.9 Å². The monoisotopic (exact) mass is 350 g/mol. The van der Waals surface area contributed by atoms with E-state index in [-0.39, 0.29) is 12.3 Å². The van der Waals surface area contributed by atoms with Crippen LogP contribution in [-0.4, -0.2) is 4.92 Å². The fraction of sp³-hybridized carbons (Fsp3) is 0.200. The normalized spacial score (nSPS) is 10.4. The highest BCUT2D eigenvalue weighted by atomic mass is 79.9. The number of nitro benzene ring substituents is 1. The first-order chi connectivity index (χ1) is 10.0. The van der Waals surface area contributed by atoms with E-state index in [0.717, 1.165) is 11.1 Å². The second-order valence-corrected chi connectivity index (χ2v) is 5.40. The van der Waals surface area contributed by atoms with Crippen LogP contribution in [-0.2, 0) is 13.2 Å². The predicted molar refractivity (Wildman–Crippen MR) is 84.2 cm³/mol. The van der Waals surface area contributed by atoms with E-state index in [1.165, 1.54) is 6.07 Å². The zero-order valence-electron chi connectivity index (χ0n) is 11.5. The van der Waals surface area contributed by atoms with E-state index in [9.17, 15) is 10.1 Å². The van der Waals surface area contributed by atoms with E-state index < -0.39 is 4.92 Å². The second kappa shape index (κ2) is 6.69. The molecule has 0 bridgehead atoms. The van der Waals surface area contributed by atoms with Gasteiger partial charge in [-0.3, -0.25) is 10.1 Å². The number of hydrogen-bond donors (Lipinski definition) is 1. The lowest BCUT2D eigenvalue weighted by Gasteiger charge is -2.12. The number of ether oxygens (including phenoxy) is 1. The summed E-state index contributed by atoms with van der Waals surface area (Å²) in [5, 5.41) is 10.9. The summed E-state index contributed by atoms with van der Waals surface area (Å²) in [6.45, 7) is 2.60. The minimum absolute atomic E-state index is 0.0269. The minimum atomic E-state index is -0.426. The number of aryl methyl sites for hydroxylation is 1. The number of nitrogens with zero attached hydrogens (tertiary/aromatic N) is 1. The van der Waals surface area contributed by atoms with Crippen molar-refractivity contribution >= 4 is 21.6 Å². The standard InChI is InChI=1S/C15H15BrN2O3/c1-10-5-6-14(12(7-10)8-17)21-9-11-3-2-4-13(15(11)16)18(19)20/h2-7H,8-9,17H2,1H3. The molecule has 6 heteroatoms. The Balaban J connectivity index is 2.21. The zero-order valence-corrected chi connectivity index (χ0v) is 13.1. The molecule has 0 amide bonds.